The lowest BCUT2D eigenvalue weighted by molar-refractivity contribution is -0.141. The van der Waals surface area contributed by atoms with Crippen LogP contribution < -0.4 is 10.9 Å². The minimum Gasteiger partial charge on any atom is -0.480 e. The number of anilines is 1. The van der Waals surface area contributed by atoms with Crippen molar-refractivity contribution >= 4 is 38.4 Å². The van der Waals surface area contributed by atoms with E-state index < -0.39 is 68.4 Å². The van der Waals surface area contributed by atoms with E-state index in [0.29, 0.717) is 16.6 Å². The molecular formula is C33H32F3N3O6S. The number of alkyl halides is 3. The molecule has 0 radical (unpaired) electrons. The number of aliphatic carboxylic acids is 1. The molecule has 3 aromatic carbocycles. The number of carbonyl (C=O) groups excluding carboxylic acids is 1. The molecule has 0 bridgehead atoms. The number of hydrogen-bond donors (Lipinski definition) is 2. The van der Waals surface area contributed by atoms with E-state index in [1.165, 1.54) is 6.07 Å². The van der Waals surface area contributed by atoms with Gasteiger partial charge in [-0.2, -0.15) is 17.5 Å². The van der Waals surface area contributed by atoms with Gasteiger partial charge in [-0.1, -0.05) is 75.4 Å². The van der Waals surface area contributed by atoms with Gasteiger partial charge in [0.05, 0.1) is 5.56 Å². The van der Waals surface area contributed by atoms with Crippen molar-refractivity contribution in [1.82, 2.24) is 8.87 Å². The van der Waals surface area contributed by atoms with Crippen LogP contribution in [0.5, 0.6) is 0 Å². The lowest BCUT2D eigenvalue weighted by Gasteiger charge is -2.36. The van der Waals surface area contributed by atoms with Gasteiger partial charge in [-0.05, 0) is 46.0 Å². The topological polar surface area (TPSA) is 126 Å². The SMILES string of the molecule is CCCN1CC(C(=O)O)n2c(c(-c3cccc(C(F)(F)F)c3)c(Cc3cccc4ccccc34)c(NC(=O)C(C)C)c2=O)S1(=O)=O. The van der Waals surface area contributed by atoms with Crippen molar-refractivity contribution < 1.29 is 36.3 Å². The van der Waals surface area contributed by atoms with Gasteiger partial charge in [0.15, 0.2) is 5.03 Å². The van der Waals surface area contributed by atoms with Gasteiger partial charge in [-0.25, -0.2) is 13.2 Å². The second-order valence-electron chi connectivity index (χ2n) is 11.5. The molecule has 242 valence electrons. The van der Waals surface area contributed by atoms with Gasteiger partial charge in [-0.3, -0.25) is 14.2 Å². The number of carboxylic acid groups (broad SMARTS) is 1. The van der Waals surface area contributed by atoms with Gasteiger partial charge in [0.25, 0.3) is 15.6 Å². The van der Waals surface area contributed by atoms with Gasteiger partial charge >= 0.3 is 12.1 Å². The van der Waals surface area contributed by atoms with Gasteiger partial charge in [0, 0.05) is 31.0 Å². The van der Waals surface area contributed by atoms with Crippen LogP contribution >= 0.6 is 0 Å². The van der Waals surface area contributed by atoms with Crippen molar-refractivity contribution in [3.8, 4) is 11.1 Å². The molecule has 1 aliphatic rings. The summed E-state index contributed by atoms with van der Waals surface area (Å²) in [5.41, 5.74) is -2.50. The van der Waals surface area contributed by atoms with E-state index in [9.17, 15) is 41.1 Å². The number of halogens is 3. The maximum absolute atomic E-state index is 14.3. The minimum atomic E-state index is -4.80. The number of amides is 1. The summed E-state index contributed by atoms with van der Waals surface area (Å²) in [6, 6.07) is 14.9. The van der Waals surface area contributed by atoms with Crippen molar-refractivity contribution in [2.75, 3.05) is 18.4 Å². The summed E-state index contributed by atoms with van der Waals surface area (Å²) in [5.74, 6) is -2.79. The molecule has 1 unspecified atom stereocenters. The Morgan fingerprint density at radius 3 is 2.37 bits per heavy atom. The van der Waals surface area contributed by atoms with Gasteiger partial charge < -0.3 is 10.4 Å². The zero-order chi connectivity index (χ0) is 33.6. The van der Waals surface area contributed by atoms with Crippen LogP contribution in [-0.2, 0) is 32.2 Å². The highest BCUT2D eigenvalue weighted by atomic mass is 32.2. The summed E-state index contributed by atoms with van der Waals surface area (Å²) in [5, 5.41) is 13.6. The number of rotatable bonds is 8. The molecule has 13 heteroatoms. The molecule has 0 saturated carbocycles. The van der Waals surface area contributed by atoms with E-state index in [4.69, 9.17) is 0 Å². The largest absolute Gasteiger partial charge is 0.480 e. The Kier molecular flexibility index (Phi) is 8.84. The quantitative estimate of drug-likeness (QED) is 0.243. The van der Waals surface area contributed by atoms with E-state index in [0.717, 1.165) is 33.3 Å². The molecule has 46 heavy (non-hydrogen) atoms. The third kappa shape index (κ3) is 5.92. The fourth-order valence-electron chi connectivity index (χ4n) is 5.76. The highest BCUT2D eigenvalue weighted by molar-refractivity contribution is 7.89. The first kappa shape index (κ1) is 32.9. The highest BCUT2D eigenvalue weighted by Crippen LogP contribution is 2.42. The summed E-state index contributed by atoms with van der Waals surface area (Å²) < 4.78 is 72.2. The summed E-state index contributed by atoms with van der Waals surface area (Å²) in [6.45, 7) is 4.15. The molecule has 9 nitrogen and oxygen atoms in total. The third-order valence-electron chi connectivity index (χ3n) is 8.00. The van der Waals surface area contributed by atoms with Crippen molar-refractivity contribution in [1.29, 1.82) is 0 Å². The lowest BCUT2D eigenvalue weighted by Crippen LogP contribution is -2.50. The smallest absolute Gasteiger partial charge is 0.416 e. The normalized spacial score (nSPS) is 16.4. The number of nitrogens with zero attached hydrogens (tertiary/aromatic N) is 2. The number of nitrogens with one attached hydrogen (secondary N) is 1. The average Bonchev–Trinajstić information content (AvgIpc) is 3.00. The van der Waals surface area contributed by atoms with Crippen LogP contribution in [0.4, 0.5) is 18.9 Å². The molecule has 2 heterocycles. The summed E-state index contributed by atoms with van der Waals surface area (Å²) >= 11 is 0. The molecule has 0 saturated heterocycles. The fourth-order valence-corrected chi connectivity index (χ4v) is 7.72. The molecular weight excluding hydrogens is 623 g/mol. The Hall–Kier alpha value is -4.49. The molecule has 1 aliphatic heterocycles. The van der Waals surface area contributed by atoms with Crippen LogP contribution in [0.25, 0.3) is 21.9 Å². The maximum atomic E-state index is 14.3. The van der Waals surface area contributed by atoms with Gasteiger partial charge in [-0.15, -0.1) is 0 Å². The van der Waals surface area contributed by atoms with E-state index >= 15 is 0 Å². The van der Waals surface area contributed by atoms with Crippen LogP contribution in [0, 0.1) is 5.92 Å². The zero-order valence-electron chi connectivity index (χ0n) is 25.3. The zero-order valence-corrected chi connectivity index (χ0v) is 26.1. The van der Waals surface area contributed by atoms with Crippen LogP contribution in [0.15, 0.2) is 76.6 Å². The molecule has 0 spiro atoms. The van der Waals surface area contributed by atoms with E-state index in [2.05, 4.69) is 5.32 Å². The van der Waals surface area contributed by atoms with Gasteiger partial charge in [0.2, 0.25) is 5.91 Å². The molecule has 0 aliphatic carbocycles. The standard InChI is InChI=1S/C33H32F3N3O6S/c1-4-15-38-18-26(32(42)43)39-30(41)28(37-29(40)19(2)3)25(17-21-11-7-10-20-9-5-6-14-24(20)21)27(31(39)46(38,44)45)22-12-8-13-23(16-22)33(34,35)36/h5-14,16,19,26H,4,15,17-18H2,1-3H3,(H,37,40)(H,42,43). The number of fused-ring (bicyclic) bond motifs is 2. The Bertz CT molecular complexity index is 2020. The van der Waals surface area contributed by atoms with E-state index in [-0.39, 0.29) is 29.7 Å². The molecule has 1 atom stereocenters. The summed E-state index contributed by atoms with van der Waals surface area (Å²) in [6.07, 6.45) is -4.67. The maximum Gasteiger partial charge on any atom is 0.416 e. The monoisotopic (exact) mass is 655 g/mol. The minimum absolute atomic E-state index is 0.0491. The number of hydrogen-bond acceptors (Lipinski definition) is 5. The predicted octanol–water partition coefficient (Wildman–Crippen LogP) is 5.91. The van der Waals surface area contributed by atoms with Crippen molar-refractivity contribution in [2.24, 2.45) is 5.92 Å². The second-order valence-corrected chi connectivity index (χ2v) is 13.3. The molecule has 2 N–H and O–H groups in total. The van der Waals surface area contributed by atoms with Crippen LogP contribution in [-0.4, -0.2) is 47.4 Å². The van der Waals surface area contributed by atoms with Crippen molar-refractivity contribution in [2.45, 2.75) is 50.9 Å². The second kappa shape index (κ2) is 12.4. The Balaban J connectivity index is 1.99. The van der Waals surface area contributed by atoms with E-state index in [1.54, 1.807) is 39.0 Å². The lowest BCUT2D eigenvalue weighted by atomic mass is 9.91. The van der Waals surface area contributed by atoms with Crippen LogP contribution in [0.2, 0.25) is 0 Å². The van der Waals surface area contributed by atoms with Crippen molar-refractivity contribution in [3.63, 3.8) is 0 Å². The summed E-state index contributed by atoms with van der Waals surface area (Å²) in [4.78, 5) is 40.1. The number of pyridine rings is 1. The Morgan fingerprint density at radius 1 is 1.04 bits per heavy atom. The van der Waals surface area contributed by atoms with Crippen molar-refractivity contribution in [3.05, 3.63) is 93.8 Å². The fraction of sp³-hybridized carbons (Fsp3) is 0.303. The molecule has 1 amide bonds. The Labute approximate surface area is 263 Å². The average molecular weight is 656 g/mol. The molecule has 5 rings (SSSR count). The van der Waals surface area contributed by atoms with Crippen LogP contribution in [0.3, 0.4) is 0 Å². The third-order valence-corrected chi connectivity index (χ3v) is 9.90. The van der Waals surface area contributed by atoms with Crippen LogP contribution in [0.1, 0.15) is 49.9 Å². The first-order valence-corrected chi connectivity index (χ1v) is 16.1. The van der Waals surface area contributed by atoms with Gasteiger partial charge in [0.1, 0.15) is 11.7 Å². The number of carbonyl (C=O) groups is 2. The first-order chi connectivity index (χ1) is 21.7. The molecule has 1 aromatic heterocycles. The number of sulfonamides is 1. The number of benzene rings is 3. The molecule has 4 aromatic rings. The first-order valence-electron chi connectivity index (χ1n) is 14.7. The predicted molar refractivity (Wildman–Crippen MR) is 167 cm³/mol. The number of carboxylic acids is 1. The Morgan fingerprint density at radius 2 is 1.72 bits per heavy atom. The molecule has 0 fully saturated rings. The van der Waals surface area contributed by atoms with E-state index in [1.807, 2.05) is 24.3 Å². The highest BCUT2D eigenvalue weighted by Gasteiger charge is 2.44. The summed E-state index contributed by atoms with van der Waals surface area (Å²) in [7, 11) is -4.64. The number of aromatic nitrogens is 1.